The number of carbonyl (C=O) groups is 2. The van der Waals surface area contributed by atoms with Crippen molar-refractivity contribution in [1.82, 2.24) is 4.90 Å². The van der Waals surface area contributed by atoms with Gasteiger partial charge in [0.2, 0.25) is 0 Å². The molecule has 0 aromatic heterocycles. The third kappa shape index (κ3) is 7.47. The summed E-state index contributed by atoms with van der Waals surface area (Å²) >= 11 is 0. The van der Waals surface area contributed by atoms with Crippen LogP contribution in [0.5, 0.6) is 11.5 Å². The molecule has 0 fully saturated rings. The van der Waals surface area contributed by atoms with Gasteiger partial charge in [0.05, 0.1) is 7.11 Å². The summed E-state index contributed by atoms with van der Waals surface area (Å²) in [5.41, 5.74) is 1.24. The quantitative estimate of drug-likeness (QED) is 0.436. The van der Waals surface area contributed by atoms with Gasteiger partial charge in [0.15, 0.2) is 24.7 Å². The molecule has 0 atom stereocenters. The zero-order chi connectivity index (χ0) is 23.6. The highest BCUT2D eigenvalue weighted by molar-refractivity contribution is 5.89. The van der Waals surface area contributed by atoms with Crippen molar-refractivity contribution >= 4 is 18.0 Å². The number of nitrogens with zero attached hydrogens (tertiary/aromatic N) is 2. The molecule has 1 amide bonds. The molecule has 168 valence electrons. The monoisotopic (exact) mass is 436 g/mol. The number of nitriles is 1. The summed E-state index contributed by atoms with van der Waals surface area (Å²) in [7, 11) is 1.48. The van der Waals surface area contributed by atoms with E-state index < -0.39 is 11.5 Å². The highest BCUT2D eigenvalue weighted by atomic mass is 16.5. The Balaban J connectivity index is 1.97. The van der Waals surface area contributed by atoms with Crippen LogP contribution in [0.2, 0.25) is 0 Å². The van der Waals surface area contributed by atoms with Crippen molar-refractivity contribution in [2.75, 3.05) is 20.3 Å². The fourth-order valence-electron chi connectivity index (χ4n) is 2.91. The molecule has 2 aromatic carbocycles. The zero-order valence-electron chi connectivity index (χ0n) is 18.8. The van der Waals surface area contributed by atoms with Crippen LogP contribution in [0.4, 0.5) is 0 Å². The zero-order valence-corrected chi connectivity index (χ0v) is 18.8. The van der Waals surface area contributed by atoms with E-state index in [2.05, 4.69) is 0 Å². The van der Waals surface area contributed by atoms with E-state index >= 15 is 0 Å². The molecule has 7 nitrogen and oxygen atoms in total. The Kier molecular flexibility index (Phi) is 8.84. The maximum Gasteiger partial charge on any atom is 0.331 e. The van der Waals surface area contributed by atoms with Gasteiger partial charge in [-0.05, 0) is 50.1 Å². The molecule has 2 rings (SSSR count). The lowest BCUT2D eigenvalue weighted by molar-refractivity contribution is -0.151. The lowest BCUT2D eigenvalue weighted by atomic mass is 10.0. The van der Waals surface area contributed by atoms with Crippen LogP contribution in [-0.4, -0.2) is 42.6 Å². The molecule has 0 spiro atoms. The Morgan fingerprint density at radius 2 is 1.81 bits per heavy atom. The van der Waals surface area contributed by atoms with Crippen LogP contribution in [0.15, 0.2) is 54.6 Å². The Morgan fingerprint density at radius 1 is 1.09 bits per heavy atom. The first-order chi connectivity index (χ1) is 15.2. The smallest absolute Gasteiger partial charge is 0.331 e. The van der Waals surface area contributed by atoms with Gasteiger partial charge >= 0.3 is 5.97 Å². The molecule has 0 heterocycles. The summed E-state index contributed by atoms with van der Waals surface area (Å²) in [4.78, 5) is 26.6. The second kappa shape index (κ2) is 11.6. The van der Waals surface area contributed by atoms with Crippen molar-refractivity contribution in [1.29, 1.82) is 5.26 Å². The Morgan fingerprint density at radius 3 is 2.44 bits per heavy atom. The maximum absolute atomic E-state index is 12.8. The van der Waals surface area contributed by atoms with E-state index in [1.807, 2.05) is 57.2 Å². The Labute approximate surface area is 188 Å². The van der Waals surface area contributed by atoms with Crippen LogP contribution in [0.1, 0.15) is 31.9 Å². The molecule has 2 aromatic rings. The van der Waals surface area contributed by atoms with Gasteiger partial charge in [-0.25, -0.2) is 4.79 Å². The Bertz CT molecular complexity index is 988. The molecular formula is C25H28N2O5. The van der Waals surface area contributed by atoms with Crippen molar-refractivity contribution in [2.45, 2.75) is 32.9 Å². The van der Waals surface area contributed by atoms with Crippen LogP contribution in [0.25, 0.3) is 6.08 Å². The lowest BCUT2D eigenvalue weighted by Gasteiger charge is -2.35. The average Bonchev–Trinajstić information content (AvgIpc) is 2.78. The second-order valence-electron chi connectivity index (χ2n) is 7.93. The number of hydrogen-bond acceptors (Lipinski definition) is 6. The first-order valence-electron chi connectivity index (χ1n) is 10.1. The third-order valence-electron chi connectivity index (χ3n) is 4.52. The van der Waals surface area contributed by atoms with Crippen LogP contribution >= 0.6 is 0 Å². The average molecular weight is 437 g/mol. The molecule has 7 heteroatoms. The molecule has 0 aliphatic carbocycles. The molecule has 0 N–H and O–H groups in total. The number of hydrogen-bond donors (Lipinski definition) is 0. The van der Waals surface area contributed by atoms with Crippen molar-refractivity contribution in [3.05, 3.63) is 65.7 Å². The normalized spacial score (nSPS) is 11.0. The summed E-state index contributed by atoms with van der Waals surface area (Å²) in [5.74, 6) is -0.0350. The van der Waals surface area contributed by atoms with Gasteiger partial charge in [0, 0.05) is 18.2 Å². The molecule has 32 heavy (non-hydrogen) atoms. The van der Waals surface area contributed by atoms with Crippen LogP contribution in [-0.2, 0) is 20.9 Å². The largest absolute Gasteiger partial charge is 0.493 e. The van der Waals surface area contributed by atoms with Gasteiger partial charge in [-0.1, -0.05) is 36.4 Å². The van der Waals surface area contributed by atoms with E-state index in [4.69, 9.17) is 19.5 Å². The van der Waals surface area contributed by atoms with Crippen molar-refractivity contribution < 1.29 is 23.8 Å². The minimum atomic E-state index is -0.629. The molecule has 0 radical (unpaired) electrons. The van der Waals surface area contributed by atoms with E-state index in [1.54, 1.807) is 29.2 Å². The summed E-state index contributed by atoms with van der Waals surface area (Å²) in [6.45, 7) is 5.79. The standard InChI is InChI=1S/C25H28N2O5/c1-25(2,3)27(17-20-8-6-5-7-9-20)23(28)18-32-24(29)13-11-19-10-12-21(31-15-14-26)22(16-19)30-4/h5-13,16H,15,17-18H2,1-4H3. The molecule has 0 aliphatic heterocycles. The SMILES string of the molecule is COc1cc(C=CC(=O)OCC(=O)N(Cc2ccccc2)C(C)(C)C)ccc1OCC#N. The Hall–Kier alpha value is -3.79. The van der Waals surface area contributed by atoms with Gasteiger partial charge < -0.3 is 19.1 Å². The first-order valence-corrected chi connectivity index (χ1v) is 10.1. The summed E-state index contributed by atoms with van der Waals surface area (Å²) < 4.78 is 15.7. The summed E-state index contributed by atoms with van der Waals surface area (Å²) in [5, 5.41) is 8.63. The molecule has 0 bridgehead atoms. The van der Waals surface area contributed by atoms with Gasteiger partial charge in [0.25, 0.3) is 5.91 Å². The van der Waals surface area contributed by atoms with Gasteiger partial charge in [-0.15, -0.1) is 0 Å². The van der Waals surface area contributed by atoms with Gasteiger partial charge in [-0.3, -0.25) is 4.79 Å². The van der Waals surface area contributed by atoms with E-state index in [0.717, 1.165) is 5.56 Å². The van der Waals surface area contributed by atoms with Gasteiger partial charge in [-0.2, -0.15) is 5.26 Å². The summed E-state index contributed by atoms with van der Waals surface area (Å²) in [6.07, 6.45) is 2.80. The van der Waals surface area contributed by atoms with Crippen LogP contribution < -0.4 is 9.47 Å². The highest BCUT2D eigenvalue weighted by Crippen LogP contribution is 2.28. The van der Waals surface area contributed by atoms with Crippen molar-refractivity contribution in [3.8, 4) is 17.6 Å². The lowest BCUT2D eigenvalue weighted by Crippen LogP contribution is -2.46. The number of methoxy groups -OCH3 is 1. The summed E-state index contributed by atoms with van der Waals surface area (Å²) in [6, 6.07) is 16.6. The highest BCUT2D eigenvalue weighted by Gasteiger charge is 2.27. The topological polar surface area (TPSA) is 88.9 Å². The van der Waals surface area contributed by atoms with E-state index in [0.29, 0.717) is 23.6 Å². The van der Waals surface area contributed by atoms with E-state index in [-0.39, 0.29) is 19.1 Å². The van der Waals surface area contributed by atoms with Crippen LogP contribution in [0, 0.1) is 11.3 Å². The molecular weight excluding hydrogens is 408 g/mol. The molecule has 0 unspecified atom stereocenters. The molecule has 0 aliphatic rings. The van der Waals surface area contributed by atoms with E-state index in [1.165, 1.54) is 13.2 Å². The van der Waals surface area contributed by atoms with Crippen molar-refractivity contribution in [2.24, 2.45) is 0 Å². The maximum atomic E-state index is 12.8. The minimum Gasteiger partial charge on any atom is -0.493 e. The molecule has 0 saturated heterocycles. The predicted molar refractivity (Wildman–Crippen MR) is 121 cm³/mol. The fraction of sp³-hybridized carbons (Fsp3) is 0.320. The number of rotatable bonds is 9. The number of benzene rings is 2. The number of amides is 1. The van der Waals surface area contributed by atoms with Crippen molar-refractivity contribution in [3.63, 3.8) is 0 Å². The third-order valence-corrected chi connectivity index (χ3v) is 4.52. The fourth-order valence-corrected chi connectivity index (χ4v) is 2.91. The second-order valence-corrected chi connectivity index (χ2v) is 7.93. The van der Waals surface area contributed by atoms with Crippen LogP contribution in [0.3, 0.4) is 0 Å². The predicted octanol–water partition coefficient (Wildman–Crippen LogP) is 3.98. The number of ether oxygens (including phenoxy) is 3. The number of esters is 1. The van der Waals surface area contributed by atoms with E-state index in [9.17, 15) is 9.59 Å². The minimum absolute atomic E-state index is 0.0955. The van der Waals surface area contributed by atoms with Gasteiger partial charge in [0.1, 0.15) is 6.07 Å². The number of carbonyl (C=O) groups excluding carboxylic acids is 2. The first kappa shape index (κ1) is 24.5. The molecule has 0 saturated carbocycles.